The third-order valence-electron chi connectivity index (χ3n) is 3.10. The van der Waals surface area contributed by atoms with Crippen LogP contribution in [0.3, 0.4) is 0 Å². The zero-order valence-electron chi connectivity index (χ0n) is 9.82. The van der Waals surface area contributed by atoms with E-state index in [1.165, 1.54) is 25.9 Å². The first kappa shape index (κ1) is 11.2. The SMILES string of the molecule is CN1CCCC(CNc2ccc(N)nc2)C1. The summed E-state index contributed by atoms with van der Waals surface area (Å²) in [5.74, 6) is 1.32. The first-order valence-corrected chi connectivity index (χ1v) is 5.88. The molecule has 1 fully saturated rings. The summed E-state index contributed by atoms with van der Waals surface area (Å²) in [4.78, 5) is 6.46. The molecule has 1 atom stereocenters. The van der Waals surface area contributed by atoms with Gasteiger partial charge in [0.15, 0.2) is 0 Å². The fourth-order valence-electron chi connectivity index (χ4n) is 2.21. The summed E-state index contributed by atoms with van der Waals surface area (Å²) < 4.78 is 0. The van der Waals surface area contributed by atoms with Crippen LogP contribution in [0.4, 0.5) is 11.5 Å². The number of nitrogen functional groups attached to an aromatic ring is 1. The molecule has 2 rings (SSSR count). The number of rotatable bonds is 3. The minimum atomic E-state index is 0.572. The molecule has 88 valence electrons. The predicted octanol–water partition coefficient (Wildman–Crippen LogP) is 1.42. The molecule has 0 aliphatic carbocycles. The van der Waals surface area contributed by atoms with E-state index in [0.29, 0.717) is 5.82 Å². The van der Waals surface area contributed by atoms with Gasteiger partial charge < -0.3 is 16.0 Å². The molecule has 0 radical (unpaired) electrons. The molecule has 4 heteroatoms. The smallest absolute Gasteiger partial charge is 0.123 e. The van der Waals surface area contributed by atoms with Crippen LogP contribution < -0.4 is 11.1 Å². The van der Waals surface area contributed by atoms with Crippen molar-refractivity contribution >= 4 is 11.5 Å². The summed E-state index contributed by atoms with van der Waals surface area (Å²) in [7, 11) is 2.19. The van der Waals surface area contributed by atoms with Gasteiger partial charge in [0.25, 0.3) is 0 Å². The maximum absolute atomic E-state index is 5.54. The number of nitrogens with zero attached hydrogens (tertiary/aromatic N) is 2. The third-order valence-corrected chi connectivity index (χ3v) is 3.10. The number of nitrogens with two attached hydrogens (primary N) is 1. The van der Waals surface area contributed by atoms with Crippen LogP contribution in [-0.2, 0) is 0 Å². The second-order valence-corrected chi connectivity index (χ2v) is 4.62. The van der Waals surface area contributed by atoms with Crippen molar-refractivity contribution < 1.29 is 0 Å². The molecule has 4 nitrogen and oxygen atoms in total. The first-order valence-electron chi connectivity index (χ1n) is 5.88. The normalized spacial score (nSPS) is 21.9. The number of pyridine rings is 1. The Bertz CT molecular complexity index is 322. The molecule has 0 aromatic carbocycles. The van der Waals surface area contributed by atoms with Crippen molar-refractivity contribution in [1.82, 2.24) is 9.88 Å². The first-order chi connectivity index (χ1) is 7.74. The highest BCUT2D eigenvalue weighted by Crippen LogP contribution is 2.16. The van der Waals surface area contributed by atoms with Gasteiger partial charge in [-0.15, -0.1) is 0 Å². The zero-order valence-corrected chi connectivity index (χ0v) is 9.82. The second-order valence-electron chi connectivity index (χ2n) is 4.62. The molecule has 1 saturated heterocycles. The fourth-order valence-corrected chi connectivity index (χ4v) is 2.21. The number of nitrogens with one attached hydrogen (secondary N) is 1. The van der Waals surface area contributed by atoms with Gasteiger partial charge in [-0.25, -0.2) is 4.98 Å². The molecule has 0 spiro atoms. The molecule has 0 amide bonds. The van der Waals surface area contributed by atoms with Crippen LogP contribution in [0.5, 0.6) is 0 Å². The lowest BCUT2D eigenvalue weighted by Gasteiger charge is -2.29. The Morgan fingerprint density at radius 1 is 1.56 bits per heavy atom. The van der Waals surface area contributed by atoms with Crippen molar-refractivity contribution in [3.8, 4) is 0 Å². The maximum atomic E-state index is 5.54. The van der Waals surface area contributed by atoms with Crippen LogP contribution in [0, 0.1) is 5.92 Å². The minimum Gasteiger partial charge on any atom is -0.384 e. The van der Waals surface area contributed by atoms with E-state index in [-0.39, 0.29) is 0 Å². The minimum absolute atomic E-state index is 0.572. The summed E-state index contributed by atoms with van der Waals surface area (Å²) in [5, 5.41) is 3.42. The second kappa shape index (κ2) is 5.16. The molecule has 1 aliphatic rings. The molecule has 0 bridgehead atoms. The van der Waals surface area contributed by atoms with Crippen LogP contribution in [0.15, 0.2) is 18.3 Å². The highest BCUT2D eigenvalue weighted by Gasteiger charge is 2.16. The number of anilines is 2. The standard InChI is InChI=1S/C12H20N4/c1-16-6-2-3-10(9-16)7-14-11-4-5-12(13)15-8-11/h4-5,8,10,14H,2-3,6-7,9H2,1H3,(H2,13,15). The van der Waals surface area contributed by atoms with Crippen molar-refractivity contribution in [3.05, 3.63) is 18.3 Å². The summed E-state index contributed by atoms with van der Waals surface area (Å²) in [6.07, 6.45) is 4.42. The lowest BCUT2D eigenvalue weighted by molar-refractivity contribution is 0.217. The lowest BCUT2D eigenvalue weighted by Crippen LogP contribution is -2.35. The molecule has 16 heavy (non-hydrogen) atoms. The van der Waals surface area contributed by atoms with Crippen molar-refractivity contribution in [2.45, 2.75) is 12.8 Å². The van der Waals surface area contributed by atoms with Crippen molar-refractivity contribution in [2.75, 3.05) is 37.7 Å². The fraction of sp³-hybridized carbons (Fsp3) is 0.583. The molecule has 1 aliphatic heterocycles. The summed E-state index contributed by atoms with van der Waals surface area (Å²) >= 11 is 0. The van der Waals surface area contributed by atoms with E-state index in [2.05, 4.69) is 22.2 Å². The van der Waals surface area contributed by atoms with E-state index in [0.717, 1.165) is 18.2 Å². The third kappa shape index (κ3) is 3.10. The quantitative estimate of drug-likeness (QED) is 0.809. The van der Waals surface area contributed by atoms with Gasteiger partial charge in [-0.1, -0.05) is 0 Å². The van der Waals surface area contributed by atoms with Crippen LogP contribution in [0.2, 0.25) is 0 Å². The van der Waals surface area contributed by atoms with Gasteiger partial charge in [0.2, 0.25) is 0 Å². The zero-order chi connectivity index (χ0) is 11.4. The Kier molecular flexibility index (Phi) is 3.62. The number of likely N-dealkylation sites (tertiary alicyclic amines) is 1. The van der Waals surface area contributed by atoms with Crippen molar-refractivity contribution in [2.24, 2.45) is 5.92 Å². The van der Waals surface area contributed by atoms with E-state index in [4.69, 9.17) is 5.73 Å². The summed E-state index contributed by atoms with van der Waals surface area (Å²) in [6.45, 7) is 3.45. The van der Waals surface area contributed by atoms with Crippen molar-refractivity contribution in [1.29, 1.82) is 0 Å². The summed E-state index contributed by atoms with van der Waals surface area (Å²) in [6, 6.07) is 3.81. The number of hydrogen-bond donors (Lipinski definition) is 2. The molecular formula is C12H20N4. The van der Waals surface area contributed by atoms with Gasteiger partial charge in [-0.2, -0.15) is 0 Å². The van der Waals surface area contributed by atoms with E-state index < -0.39 is 0 Å². The Labute approximate surface area is 96.8 Å². The van der Waals surface area contributed by atoms with Gasteiger partial charge in [0.05, 0.1) is 11.9 Å². The molecule has 1 unspecified atom stereocenters. The Morgan fingerprint density at radius 2 is 2.44 bits per heavy atom. The van der Waals surface area contributed by atoms with Crippen molar-refractivity contribution in [3.63, 3.8) is 0 Å². The topological polar surface area (TPSA) is 54.2 Å². The number of aromatic nitrogens is 1. The molecular weight excluding hydrogens is 200 g/mol. The summed E-state index contributed by atoms with van der Waals surface area (Å²) in [5.41, 5.74) is 6.60. The van der Waals surface area contributed by atoms with E-state index in [9.17, 15) is 0 Å². The van der Waals surface area contributed by atoms with Gasteiger partial charge >= 0.3 is 0 Å². The van der Waals surface area contributed by atoms with Crippen LogP contribution >= 0.6 is 0 Å². The predicted molar refractivity (Wildman–Crippen MR) is 67.4 cm³/mol. The highest BCUT2D eigenvalue weighted by atomic mass is 15.1. The van der Waals surface area contributed by atoms with Gasteiger partial charge in [-0.3, -0.25) is 0 Å². The Balaban J connectivity index is 1.80. The largest absolute Gasteiger partial charge is 0.384 e. The lowest BCUT2D eigenvalue weighted by atomic mass is 9.98. The van der Waals surface area contributed by atoms with E-state index in [1.54, 1.807) is 6.20 Å². The number of hydrogen-bond acceptors (Lipinski definition) is 4. The van der Waals surface area contributed by atoms with E-state index >= 15 is 0 Å². The Hall–Kier alpha value is -1.29. The average Bonchev–Trinajstić information content (AvgIpc) is 2.28. The number of piperidine rings is 1. The maximum Gasteiger partial charge on any atom is 0.123 e. The molecule has 3 N–H and O–H groups in total. The molecule has 1 aromatic heterocycles. The van der Waals surface area contributed by atoms with Crippen LogP contribution in [-0.4, -0.2) is 36.6 Å². The van der Waals surface area contributed by atoms with Gasteiger partial charge in [-0.05, 0) is 44.5 Å². The highest BCUT2D eigenvalue weighted by molar-refractivity contribution is 5.45. The molecule has 1 aromatic rings. The Morgan fingerprint density at radius 3 is 3.12 bits per heavy atom. The van der Waals surface area contributed by atoms with Crippen LogP contribution in [0.1, 0.15) is 12.8 Å². The molecule has 0 saturated carbocycles. The average molecular weight is 220 g/mol. The van der Waals surface area contributed by atoms with Gasteiger partial charge in [0, 0.05) is 13.1 Å². The molecule has 2 heterocycles. The monoisotopic (exact) mass is 220 g/mol. The van der Waals surface area contributed by atoms with Crippen LogP contribution in [0.25, 0.3) is 0 Å². The van der Waals surface area contributed by atoms with E-state index in [1.807, 2.05) is 12.1 Å². The van der Waals surface area contributed by atoms with Gasteiger partial charge in [0.1, 0.15) is 5.82 Å².